The third-order valence-electron chi connectivity index (χ3n) is 4.46. The molecule has 0 aliphatic carbocycles. The summed E-state index contributed by atoms with van der Waals surface area (Å²) in [6.07, 6.45) is 0. The van der Waals surface area contributed by atoms with Crippen LogP contribution in [0.25, 0.3) is 0 Å². The Labute approximate surface area is 159 Å². The summed E-state index contributed by atoms with van der Waals surface area (Å²) in [6.45, 7) is 7.72. The highest BCUT2D eigenvalue weighted by Crippen LogP contribution is 2.38. The van der Waals surface area contributed by atoms with Crippen LogP contribution in [0.4, 0.5) is 10.5 Å². The number of urea groups is 1. The summed E-state index contributed by atoms with van der Waals surface area (Å²) in [5, 5.41) is 3.07. The minimum absolute atomic E-state index is 0.0582. The molecule has 2 aromatic rings. The summed E-state index contributed by atoms with van der Waals surface area (Å²) >= 11 is 1.81. The Bertz CT molecular complexity index is 729. The van der Waals surface area contributed by atoms with Gasteiger partial charge >= 0.3 is 6.03 Å². The molecule has 1 fully saturated rings. The molecule has 4 nitrogen and oxygen atoms in total. The molecule has 5 heteroatoms. The first-order valence-corrected chi connectivity index (χ1v) is 10.1. The van der Waals surface area contributed by atoms with Crippen molar-refractivity contribution in [1.29, 1.82) is 0 Å². The van der Waals surface area contributed by atoms with Gasteiger partial charge in [0.15, 0.2) is 0 Å². The van der Waals surface area contributed by atoms with Crippen LogP contribution < -0.4 is 10.1 Å². The standard InChI is InChI=1S/C21H26N2O2S/c1-4-25-19-11-9-18(10-12-19)22-21(24)23-13-14-26-20(23)17-7-5-16(6-8-17)15(2)3/h5-12,15,20H,4,13-14H2,1-3H3,(H,22,24)/t20-/m0/s1. The number of nitrogens with one attached hydrogen (secondary N) is 1. The molecule has 0 aromatic heterocycles. The van der Waals surface area contributed by atoms with E-state index in [1.165, 1.54) is 11.1 Å². The van der Waals surface area contributed by atoms with E-state index >= 15 is 0 Å². The molecule has 26 heavy (non-hydrogen) atoms. The minimum atomic E-state index is -0.0582. The van der Waals surface area contributed by atoms with Crippen LogP contribution in [0.15, 0.2) is 48.5 Å². The van der Waals surface area contributed by atoms with E-state index in [1.807, 2.05) is 47.9 Å². The maximum atomic E-state index is 12.8. The lowest BCUT2D eigenvalue weighted by Gasteiger charge is -2.25. The Morgan fingerprint density at radius 3 is 2.50 bits per heavy atom. The predicted octanol–water partition coefficient (Wildman–Crippen LogP) is 5.49. The van der Waals surface area contributed by atoms with E-state index in [0.717, 1.165) is 23.7 Å². The molecule has 1 saturated heterocycles. The van der Waals surface area contributed by atoms with Gasteiger partial charge in [-0.05, 0) is 48.2 Å². The lowest BCUT2D eigenvalue weighted by atomic mass is 10.0. The molecular weight excluding hydrogens is 344 g/mol. The molecule has 0 spiro atoms. The number of benzene rings is 2. The zero-order valence-corrected chi connectivity index (χ0v) is 16.4. The van der Waals surface area contributed by atoms with Crippen molar-refractivity contribution in [2.75, 3.05) is 24.2 Å². The van der Waals surface area contributed by atoms with Crippen LogP contribution in [0.2, 0.25) is 0 Å². The van der Waals surface area contributed by atoms with E-state index in [4.69, 9.17) is 4.74 Å². The Morgan fingerprint density at radius 1 is 1.19 bits per heavy atom. The third-order valence-corrected chi connectivity index (χ3v) is 5.72. The van der Waals surface area contributed by atoms with Gasteiger partial charge in [0.05, 0.1) is 6.61 Å². The van der Waals surface area contributed by atoms with E-state index < -0.39 is 0 Å². The highest BCUT2D eigenvalue weighted by Gasteiger charge is 2.30. The number of hydrogen-bond donors (Lipinski definition) is 1. The van der Waals surface area contributed by atoms with Crippen molar-refractivity contribution >= 4 is 23.5 Å². The molecule has 0 radical (unpaired) electrons. The molecule has 3 rings (SSSR count). The van der Waals surface area contributed by atoms with Crippen molar-refractivity contribution in [3.63, 3.8) is 0 Å². The Hall–Kier alpha value is -2.14. The second-order valence-electron chi connectivity index (χ2n) is 6.63. The van der Waals surface area contributed by atoms with Crippen molar-refractivity contribution in [3.8, 4) is 5.75 Å². The number of hydrogen-bond acceptors (Lipinski definition) is 3. The van der Waals surface area contributed by atoms with Crippen LogP contribution in [-0.4, -0.2) is 29.8 Å². The molecule has 1 heterocycles. The van der Waals surface area contributed by atoms with Gasteiger partial charge in [0.25, 0.3) is 0 Å². The van der Waals surface area contributed by atoms with Gasteiger partial charge in [-0.1, -0.05) is 38.1 Å². The van der Waals surface area contributed by atoms with E-state index in [0.29, 0.717) is 12.5 Å². The van der Waals surface area contributed by atoms with Crippen LogP contribution in [0.5, 0.6) is 5.75 Å². The lowest BCUT2D eigenvalue weighted by molar-refractivity contribution is 0.214. The Morgan fingerprint density at radius 2 is 1.88 bits per heavy atom. The number of anilines is 1. The van der Waals surface area contributed by atoms with Crippen molar-refractivity contribution < 1.29 is 9.53 Å². The number of thioether (sulfide) groups is 1. The molecule has 0 bridgehead atoms. The van der Waals surface area contributed by atoms with Gasteiger partial charge in [0.1, 0.15) is 11.1 Å². The fourth-order valence-corrected chi connectivity index (χ4v) is 4.25. The second kappa shape index (κ2) is 8.49. The monoisotopic (exact) mass is 370 g/mol. The number of amides is 2. The van der Waals surface area contributed by atoms with E-state index in [2.05, 4.69) is 43.4 Å². The molecule has 1 aliphatic heterocycles. The van der Waals surface area contributed by atoms with Crippen molar-refractivity contribution in [1.82, 2.24) is 4.90 Å². The average molecular weight is 371 g/mol. The molecule has 2 aromatic carbocycles. The fraction of sp³-hybridized carbons (Fsp3) is 0.381. The molecule has 0 unspecified atom stereocenters. The average Bonchev–Trinajstić information content (AvgIpc) is 3.13. The molecular formula is C21H26N2O2S. The molecule has 138 valence electrons. The van der Waals surface area contributed by atoms with Crippen LogP contribution in [0.3, 0.4) is 0 Å². The van der Waals surface area contributed by atoms with E-state index in [1.54, 1.807) is 0 Å². The van der Waals surface area contributed by atoms with Gasteiger partial charge in [-0.2, -0.15) is 0 Å². The molecule has 0 saturated carbocycles. The smallest absolute Gasteiger partial charge is 0.323 e. The number of nitrogens with zero attached hydrogens (tertiary/aromatic N) is 1. The van der Waals surface area contributed by atoms with Gasteiger partial charge < -0.3 is 15.0 Å². The topological polar surface area (TPSA) is 41.6 Å². The maximum Gasteiger partial charge on any atom is 0.323 e. The van der Waals surface area contributed by atoms with Crippen molar-refractivity contribution in [2.45, 2.75) is 32.1 Å². The first kappa shape index (κ1) is 18.6. The van der Waals surface area contributed by atoms with Crippen LogP contribution in [0.1, 0.15) is 43.2 Å². The number of rotatable bonds is 5. The SMILES string of the molecule is CCOc1ccc(NC(=O)N2CCS[C@H]2c2ccc(C(C)C)cc2)cc1. The highest BCUT2D eigenvalue weighted by molar-refractivity contribution is 7.99. The van der Waals surface area contributed by atoms with Crippen LogP contribution in [-0.2, 0) is 0 Å². The Kier molecular flexibility index (Phi) is 6.09. The molecule has 2 amide bonds. The quantitative estimate of drug-likeness (QED) is 0.757. The molecule has 1 N–H and O–H groups in total. The zero-order chi connectivity index (χ0) is 18.5. The van der Waals surface area contributed by atoms with Crippen molar-refractivity contribution in [2.24, 2.45) is 0 Å². The van der Waals surface area contributed by atoms with E-state index in [-0.39, 0.29) is 11.4 Å². The molecule has 1 aliphatic rings. The van der Waals surface area contributed by atoms with Crippen LogP contribution >= 0.6 is 11.8 Å². The first-order valence-electron chi connectivity index (χ1n) is 9.10. The van der Waals surface area contributed by atoms with Crippen molar-refractivity contribution in [3.05, 3.63) is 59.7 Å². The normalized spacial score (nSPS) is 16.8. The summed E-state index contributed by atoms with van der Waals surface area (Å²) in [5.74, 6) is 2.28. The fourth-order valence-electron chi connectivity index (χ4n) is 3.00. The molecule has 1 atom stereocenters. The highest BCUT2D eigenvalue weighted by atomic mass is 32.2. The predicted molar refractivity (Wildman–Crippen MR) is 109 cm³/mol. The summed E-state index contributed by atoms with van der Waals surface area (Å²) in [4.78, 5) is 14.7. The largest absolute Gasteiger partial charge is 0.494 e. The third kappa shape index (κ3) is 4.33. The number of ether oxygens (including phenoxy) is 1. The van der Waals surface area contributed by atoms with Gasteiger partial charge in [0.2, 0.25) is 0 Å². The lowest BCUT2D eigenvalue weighted by Crippen LogP contribution is -2.34. The Balaban J connectivity index is 1.67. The summed E-state index contributed by atoms with van der Waals surface area (Å²) in [6, 6.07) is 16.1. The summed E-state index contributed by atoms with van der Waals surface area (Å²) in [5.41, 5.74) is 3.28. The van der Waals surface area contributed by atoms with Gasteiger partial charge in [-0.15, -0.1) is 11.8 Å². The van der Waals surface area contributed by atoms with E-state index in [9.17, 15) is 4.79 Å². The second-order valence-corrected chi connectivity index (χ2v) is 7.81. The van der Waals surface area contributed by atoms with Crippen LogP contribution in [0, 0.1) is 0 Å². The minimum Gasteiger partial charge on any atom is -0.494 e. The summed E-state index contributed by atoms with van der Waals surface area (Å²) in [7, 11) is 0. The maximum absolute atomic E-state index is 12.8. The van der Waals surface area contributed by atoms with Gasteiger partial charge in [0, 0.05) is 18.0 Å². The number of carbonyl (C=O) groups excluding carboxylic acids is 1. The van der Waals surface area contributed by atoms with Gasteiger partial charge in [-0.3, -0.25) is 0 Å². The number of carbonyl (C=O) groups is 1. The van der Waals surface area contributed by atoms with Gasteiger partial charge in [-0.25, -0.2) is 4.79 Å². The summed E-state index contributed by atoms with van der Waals surface area (Å²) < 4.78 is 5.44. The zero-order valence-electron chi connectivity index (χ0n) is 15.6. The first-order chi connectivity index (χ1) is 12.6.